The predicted molar refractivity (Wildman–Crippen MR) is 63.6 cm³/mol. The number of nitrogens with two attached hydrogens (primary N) is 1. The first-order chi connectivity index (χ1) is 6.09. The molecule has 0 fully saturated rings. The van der Waals surface area contributed by atoms with Crippen molar-refractivity contribution in [2.75, 3.05) is 18.5 Å². The minimum atomic E-state index is 0.283. The van der Waals surface area contributed by atoms with Gasteiger partial charge in [-0.2, -0.15) is 0 Å². The molecule has 0 bridgehead atoms. The zero-order chi connectivity index (χ0) is 9.84. The lowest BCUT2D eigenvalue weighted by Gasteiger charge is -2.17. The van der Waals surface area contributed by atoms with E-state index in [1.165, 1.54) is 5.00 Å². The SMILES string of the molecule is CC(N)CCN(C)c1cc(Br)cs1. The van der Waals surface area contributed by atoms with Gasteiger partial charge in [-0.3, -0.25) is 0 Å². The van der Waals surface area contributed by atoms with Crippen LogP contribution in [0.1, 0.15) is 13.3 Å². The van der Waals surface area contributed by atoms with Crippen molar-refractivity contribution in [1.82, 2.24) is 0 Å². The molecule has 0 aliphatic carbocycles. The average molecular weight is 263 g/mol. The van der Waals surface area contributed by atoms with Crippen molar-refractivity contribution in [3.63, 3.8) is 0 Å². The van der Waals surface area contributed by atoms with Crippen molar-refractivity contribution in [1.29, 1.82) is 0 Å². The summed E-state index contributed by atoms with van der Waals surface area (Å²) in [6.45, 7) is 3.06. The number of halogens is 1. The van der Waals surface area contributed by atoms with Gasteiger partial charge in [-0.25, -0.2) is 0 Å². The van der Waals surface area contributed by atoms with Gasteiger partial charge in [0.2, 0.25) is 0 Å². The van der Waals surface area contributed by atoms with Crippen molar-refractivity contribution >= 4 is 32.3 Å². The molecule has 0 amide bonds. The molecule has 1 unspecified atom stereocenters. The first kappa shape index (κ1) is 11.0. The zero-order valence-electron chi connectivity index (χ0n) is 7.96. The smallest absolute Gasteiger partial charge is 0.0917 e. The molecule has 74 valence electrons. The van der Waals surface area contributed by atoms with Crippen LogP contribution >= 0.6 is 27.3 Å². The van der Waals surface area contributed by atoms with Gasteiger partial charge in [-0.05, 0) is 35.3 Å². The monoisotopic (exact) mass is 262 g/mol. The Morgan fingerprint density at radius 2 is 2.38 bits per heavy atom. The summed E-state index contributed by atoms with van der Waals surface area (Å²) in [6.07, 6.45) is 1.03. The van der Waals surface area contributed by atoms with Gasteiger partial charge in [0, 0.05) is 29.5 Å². The molecule has 4 heteroatoms. The van der Waals surface area contributed by atoms with E-state index in [1.54, 1.807) is 11.3 Å². The molecule has 1 aromatic heterocycles. The second-order valence-corrected chi connectivity index (χ2v) is 5.10. The van der Waals surface area contributed by atoms with Crippen LogP contribution < -0.4 is 10.6 Å². The van der Waals surface area contributed by atoms with Crippen molar-refractivity contribution in [3.8, 4) is 0 Å². The summed E-state index contributed by atoms with van der Waals surface area (Å²) in [4.78, 5) is 2.23. The van der Waals surface area contributed by atoms with Crippen molar-refractivity contribution in [2.45, 2.75) is 19.4 Å². The van der Waals surface area contributed by atoms with Crippen LogP contribution in [0.15, 0.2) is 15.9 Å². The van der Waals surface area contributed by atoms with E-state index < -0.39 is 0 Å². The maximum Gasteiger partial charge on any atom is 0.0917 e. The fraction of sp³-hybridized carbons (Fsp3) is 0.556. The van der Waals surface area contributed by atoms with Gasteiger partial charge in [0.25, 0.3) is 0 Å². The lowest BCUT2D eigenvalue weighted by atomic mass is 10.2. The lowest BCUT2D eigenvalue weighted by molar-refractivity contribution is 0.660. The lowest BCUT2D eigenvalue weighted by Crippen LogP contribution is -2.25. The Kier molecular flexibility index (Phi) is 4.22. The van der Waals surface area contributed by atoms with Crippen LogP contribution in [0, 0.1) is 0 Å². The number of anilines is 1. The largest absolute Gasteiger partial charge is 0.366 e. The van der Waals surface area contributed by atoms with Gasteiger partial charge >= 0.3 is 0 Å². The summed E-state index contributed by atoms with van der Waals surface area (Å²) in [6, 6.07) is 2.41. The molecule has 1 aromatic rings. The summed E-state index contributed by atoms with van der Waals surface area (Å²) in [7, 11) is 2.10. The minimum absolute atomic E-state index is 0.283. The number of thiophene rings is 1. The standard InChI is InChI=1S/C9H15BrN2S/c1-7(11)3-4-12(2)9-5-8(10)6-13-9/h5-7H,3-4,11H2,1-2H3. The van der Waals surface area contributed by atoms with E-state index in [1.807, 2.05) is 6.92 Å². The van der Waals surface area contributed by atoms with Gasteiger partial charge in [0.05, 0.1) is 5.00 Å². The highest BCUT2D eigenvalue weighted by Gasteiger charge is 2.04. The van der Waals surface area contributed by atoms with E-state index in [-0.39, 0.29) is 6.04 Å². The van der Waals surface area contributed by atoms with E-state index in [4.69, 9.17) is 5.73 Å². The van der Waals surface area contributed by atoms with Crippen LogP contribution in [0.4, 0.5) is 5.00 Å². The summed E-state index contributed by atoms with van der Waals surface area (Å²) in [5.74, 6) is 0. The molecule has 1 rings (SSSR count). The van der Waals surface area contributed by atoms with Crippen LogP contribution in [0.3, 0.4) is 0 Å². The number of nitrogens with zero attached hydrogens (tertiary/aromatic N) is 1. The predicted octanol–water partition coefficient (Wildman–Crippen LogP) is 2.68. The quantitative estimate of drug-likeness (QED) is 0.905. The molecule has 1 heterocycles. The van der Waals surface area contributed by atoms with Crippen molar-refractivity contribution in [2.24, 2.45) is 5.73 Å². The average Bonchev–Trinajstić information content (AvgIpc) is 2.47. The van der Waals surface area contributed by atoms with Gasteiger partial charge < -0.3 is 10.6 Å². The Labute approximate surface area is 91.9 Å². The first-order valence-electron chi connectivity index (χ1n) is 4.30. The fourth-order valence-electron chi connectivity index (χ4n) is 1.01. The molecule has 2 N–H and O–H groups in total. The first-order valence-corrected chi connectivity index (χ1v) is 5.97. The van der Waals surface area contributed by atoms with E-state index in [9.17, 15) is 0 Å². The molecule has 1 atom stereocenters. The maximum atomic E-state index is 5.69. The Morgan fingerprint density at radius 1 is 1.69 bits per heavy atom. The molecule has 2 nitrogen and oxygen atoms in total. The molecule has 0 aliphatic heterocycles. The summed E-state index contributed by atoms with van der Waals surface area (Å²) >= 11 is 5.19. The molecule has 0 radical (unpaired) electrons. The van der Waals surface area contributed by atoms with Gasteiger partial charge in [-0.15, -0.1) is 11.3 Å². The third-order valence-electron chi connectivity index (χ3n) is 1.85. The second kappa shape index (κ2) is 4.98. The summed E-state index contributed by atoms with van der Waals surface area (Å²) < 4.78 is 1.15. The van der Waals surface area contributed by atoms with Gasteiger partial charge in [0.15, 0.2) is 0 Å². The fourth-order valence-corrected chi connectivity index (χ4v) is 2.43. The third kappa shape index (κ3) is 3.67. The van der Waals surface area contributed by atoms with E-state index >= 15 is 0 Å². The van der Waals surface area contributed by atoms with Crippen LogP contribution in [-0.2, 0) is 0 Å². The van der Waals surface area contributed by atoms with Crippen molar-refractivity contribution in [3.05, 3.63) is 15.9 Å². The Bertz CT molecular complexity index is 260. The van der Waals surface area contributed by atoms with Crippen LogP contribution in [0.2, 0.25) is 0 Å². The highest BCUT2D eigenvalue weighted by molar-refractivity contribution is 9.10. The number of rotatable bonds is 4. The summed E-state index contributed by atoms with van der Waals surface area (Å²) in [5.41, 5.74) is 5.69. The molecule has 0 aliphatic rings. The molecule has 13 heavy (non-hydrogen) atoms. The number of hydrogen-bond acceptors (Lipinski definition) is 3. The highest BCUT2D eigenvalue weighted by atomic mass is 79.9. The zero-order valence-corrected chi connectivity index (χ0v) is 10.4. The molecule has 0 saturated heterocycles. The Morgan fingerprint density at radius 3 is 2.85 bits per heavy atom. The highest BCUT2D eigenvalue weighted by Crippen LogP contribution is 2.27. The second-order valence-electron chi connectivity index (χ2n) is 3.29. The van der Waals surface area contributed by atoms with Crippen LogP contribution in [-0.4, -0.2) is 19.6 Å². The van der Waals surface area contributed by atoms with E-state index in [0.717, 1.165) is 17.4 Å². The molecular weight excluding hydrogens is 248 g/mol. The summed E-state index contributed by atoms with van der Waals surface area (Å²) in [5, 5.41) is 3.38. The Balaban J connectivity index is 2.44. The van der Waals surface area contributed by atoms with Crippen LogP contribution in [0.25, 0.3) is 0 Å². The van der Waals surface area contributed by atoms with Gasteiger partial charge in [0.1, 0.15) is 0 Å². The van der Waals surface area contributed by atoms with Crippen molar-refractivity contribution < 1.29 is 0 Å². The molecule has 0 aromatic carbocycles. The normalized spacial score (nSPS) is 12.9. The Hall–Kier alpha value is -0.0600. The van der Waals surface area contributed by atoms with Gasteiger partial charge in [-0.1, -0.05) is 0 Å². The molecule has 0 saturated carbocycles. The van der Waals surface area contributed by atoms with E-state index in [0.29, 0.717) is 0 Å². The third-order valence-corrected chi connectivity index (χ3v) is 3.65. The molecule has 0 spiro atoms. The molecular formula is C9H15BrN2S. The maximum absolute atomic E-state index is 5.69. The minimum Gasteiger partial charge on any atom is -0.366 e. The van der Waals surface area contributed by atoms with Crippen LogP contribution in [0.5, 0.6) is 0 Å². The number of hydrogen-bond donors (Lipinski definition) is 1. The van der Waals surface area contributed by atoms with E-state index in [2.05, 4.69) is 39.3 Å². The topological polar surface area (TPSA) is 29.3 Å².